The minimum atomic E-state index is -4.65. The maximum atomic E-state index is 12.6. The number of nitrogens with zero attached hydrogens (tertiary/aromatic N) is 5. The minimum Gasteiger partial charge on any atom is -0.404 e. The summed E-state index contributed by atoms with van der Waals surface area (Å²) >= 11 is 0. The van der Waals surface area contributed by atoms with Crippen LogP contribution in [0.25, 0.3) is 0 Å². The normalized spacial score (nSPS) is 11.4. The average molecular weight is 275 g/mol. The van der Waals surface area contributed by atoms with Crippen molar-refractivity contribution in [1.29, 1.82) is 0 Å². The van der Waals surface area contributed by atoms with Crippen LogP contribution >= 0.6 is 0 Å². The van der Waals surface area contributed by atoms with Crippen LogP contribution in [-0.2, 0) is 13.2 Å². The molecule has 0 bridgehead atoms. The van der Waals surface area contributed by atoms with Gasteiger partial charge in [-0.25, -0.2) is 10.8 Å². The van der Waals surface area contributed by atoms with Crippen LogP contribution in [0.3, 0.4) is 0 Å². The zero-order valence-corrected chi connectivity index (χ0v) is 9.51. The Bertz CT molecular complexity index is 582. The smallest absolute Gasteiger partial charge is 0.404 e. The number of aromatic nitrogens is 5. The molecule has 0 saturated heterocycles. The largest absolute Gasteiger partial charge is 0.433 e. The van der Waals surface area contributed by atoms with Crippen molar-refractivity contribution in [2.24, 2.45) is 12.9 Å². The van der Waals surface area contributed by atoms with Crippen molar-refractivity contribution in [3.05, 3.63) is 18.1 Å². The lowest BCUT2D eigenvalue weighted by atomic mass is 10.4. The van der Waals surface area contributed by atoms with Crippen LogP contribution in [0.4, 0.5) is 19.1 Å². The maximum Gasteiger partial charge on any atom is 0.433 e. The van der Waals surface area contributed by atoms with Crippen molar-refractivity contribution < 1.29 is 17.9 Å². The second kappa shape index (κ2) is 4.68. The van der Waals surface area contributed by atoms with Crippen LogP contribution in [0.1, 0.15) is 5.69 Å². The molecule has 0 atom stereocenters. The average Bonchev–Trinajstić information content (AvgIpc) is 2.73. The summed E-state index contributed by atoms with van der Waals surface area (Å²) in [6.07, 6.45) is -3.33. The Morgan fingerprint density at radius 1 is 1.37 bits per heavy atom. The summed E-state index contributed by atoms with van der Waals surface area (Å²) < 4.78 is 44.0. The highest BCUT2D eigenvalue weighted by Crippen LogP contribution is 2.30. The van der Waals surface area contributed by atoms with E-state index >= 15 is 0 Å². The number of nitrogens with two attached hydrogens (primary N) is 1. The van der Waals surface area contributed by atoms with E-state index in [4.69, 9.17) is 10.6 Å². The molecule has 0 aliphatic rings. The van der Waals surface area contributed by atoms with Gasteiger partial charge in [0.05, 0.1) is 0 Å². The molecule has 0 unspecified atom stereocenters. The van der Waals surface area contributed by atoms with E-state index in [-0.39, 0.29) is 11.9 Å². The Kier molecular flexibility index (Phi) is 3.21. The SMILES string of the molecule is Cn1cnc(Oc2cc(C(F)(F)F)nc(NN)n2)n1. The molecule has 2 heterocycles. The second-order valence-corrected chi connectivity index (χ2v) is 3.36. The van der Waals surface area contributed by atoms with Gasteiger partial charge in [-0.2, -0.15) is 23.1 Å². The summed E-state index contributed by atoms with van der Waals surface area (Å²) in [4.78, 5) is 10.5. The number of nitrogens with one attached hydrogen (secondary N) is 1. The lowest BCUT2D eigenvalue weighted by Crippen LogP contribution is -2.15. The molecule has 8 nitrogen and oxygen atoms in total. The van der Waals surface area contributed by atoms with Gasteiger partial charge in [-0.1, -0.05) is 0 Å². The molecule has 0 amide bonds. The molecule has 0 aromatic carbocycles. The highest BCUT2D eigenvalue weighted by molar-refractivity contribution is 5.31. The monoisotopic (exact) mass is 275 g/mol. The molecule has 2 aromatic rings. The first-order valence-corrected chi connectivity index (χ1v) is 4.85. The number of nitrogen functional groups attached to an aromatic ring is 1. The summed E-state index contributed by atoms with van der Waals surface area (Å²) in [5.41, 5.74) is 0.729. The standard InChI is InChI=1S/C8H8F3N7O/c1-18-3-13-7(17-18)19-5-2-4(8(9,10)11)14-6(15-5)16-12/h2-3H,12H2,1H3,(H,14,15,16). The zero-order chi connectivity index (χ0) is 14.0. The number of hydrogen-bond donors (Lipinski definition) is 2. The van der Waals surface area contributed by atoms with Crippen LogP contribution < -0.4 is 16.0 Å². The van der Waals surface area contributed by atoms with E-state index in [1.165, 1.54) is 11.0 Å². The van der Waals surface area contributed by atoms with E-state index in [1.807, 2.05) is 5.43 Å². The van der Waals surface area contributed by atoms with Crippen LogP contribution in [0.5, 0.6) is 11.9 Å². The van der Waals surface area contributed by atoms with Gasteiger partial charge in [0.15, 0.2) is 5.69 Å². The van der Waals surface area contributed by atoms with E-state index in [1.54, 1.807) is 7.05 Å². The molecule has 11 heteroatoms. The molecular weight excluding hydrogens is 267 g/mol. The number of alkyl halides is 3. The molecule has 0 fully saturated rings. The summed E-state index contributed by atoms with van der Waals surface area (Å²) in [7, 11) is 1.58. The van der Waals surface area contributed by atoms with Crippen molar-refractivity contribution in [1.82, 2.24) is 24.7 Å². The number of anilines is 1. The van der Waals surface area contributed by atoms with Crippen molar-refractivity contribution in [3.8, 4) is 11.9 Å². The first kappa shape index (κ1) is 13.0. The Morgan fingerprint density at radius 3 is 2.63 bits per heavy atom. The number of hydrogen-bond acceptors (Lipinski definition) is 7. The van der Waals surface area contributed by atoms with Crippen LogP contribution in [0, 0.1) is 0 Å². The van der Waals surface area contributed by atoms with Gasteiger partial charge in [-0.15, -0.1) is 5.10 Å². The van der Waals surface area contributed by atoms with Crippen molar-refractivity contribution in [2.45, 2.75) is 6.18 Å². The van der Waals surface area contributed by atoms with Crippen molar-refractivity contribution in [3.63, 3.8) is 0 Å². The van der Waals surface area contributed by atoms with Gasteiger partial charge in [0, 0.05) is 13.1 Å². The highest BCUT2D eigenvalue weighted by atomic mass is 19.4. The number of hydrazine groups is 1. The predicted octanol–water partition coefficient (Wildman–Crippen LogP) is 0.702. The van der Waals surface area contributed by atoms with Gasteiger partial charge in [0.1, 0.15) is 6.33 Å². The van der Waals surface area contributed by atoms with E-state index in [0.717, 1.165) is 0 Å². The Balaban J connectivity index is 2.34. The molecular formula is C8H8F3N7O. The third kappa shape index (κ3) is 3.07. The van der Waals surface area contributed by atoms with E-state index in [2.05, 4.69) is 20.1 Å². The van der Waals surface area contributed by atoms with E-state index < -0.39 is 17.8 Å². The van der Waals surface area contributed by atoms with Gasteiger partial charge in [0.2, 0.25) is 11.8 Å². The Morgan fingerprint density at radius 2 is 2.11 bits per heavy atom. The lowest BCUT2D eigenvalue weighted by Gasteiger charge is -2.09. The minimum absolute atomic E-state index is 0.141. The fraction of sp³-hybridized carbons (Fsp3) is 0.250. The molecule has 2 rings (SSSR count). The number of ether oxygens (including phenoxy) is 1. The molecule has 0 saturated carbocycles. The van der Waals surface area contributed by atoms with E-state index in [9.17, 15) is 13.2 Å². The molecule has 102 valence electrons. The highest BCUT2D eigenvalue weighted by Gasteiger charge is 2.34. The second-order valence-electron chi connectivity index (χ2n) is 3.36. The molecule has 0 spiro atoms. The van der Waals surface area contributed by atoms with Crippen LogP contribution in [-0.4, -0.2) is 24.7 Å². The van der Waals surface area contributed by atoms with E-state index in [0.29, 0.717) is 6.07 Å². The summed E-state index contributed by atoms with van der Waals surface area (Å²) in [6, 6.07) is 0.481. The zero-order valence-electron chi connectivity index (χ0n) is 9.51. The summed E-state index contributed by atoms with van der Waals surface area (Å²) in [5.74, 6) is 4.19. The number of halogens is 3. The van der Waals surface area contributed by atoms with Gasteiger partial charge in [0.25, 0.3) is 0 Å². The summed E-state index contributed by atoms with van der Waals surface area (Å²) in [6.45, 7) is 0. The topological polar surface area (TPSA) is 104 Å². The fourth-order valence-corrected chi connectivity index (χ4v) is 1.15. The quantitative estimate of drug-likeness (QED) is 0.627. The first-order chi connectivity index (χ1) is 8.88. The third-order valence-corrected chi connectivity index (χ3v) is 1.90. The summed E-state index contributed by atoms with van der Waals surface area (Å²) in [5, 5.41) is 3.74. The van der Waals surface area contributed by atoms with Gasteiger partial charge < -0.3 is 4.74 Å². The van der Waals surface area contributed by atoms with Gasteiger partial charge in [-0.3, -0.25) is 10.1 Å². The predicted molar refractivity (Wildman–Crippen MR) is 55.9 cm³/mol. The van der Waals surface area contributed by atoms with Crippen molar-refractivity contribution >= 4 is 5.95 Å². The van der Waals surface area contributed by atoms with Crippen LogP contribution in [0.15, 0.2) is 12.4 Å². The Hall–Kier alpha value is -2.43. The molecule has 0 aliphatic carbocycles. The van der Waals surface area contributed by atoms with Crippen LogP contribution in [0.2, 0.25) is 0 Å². The Labute approximate surface area is 104 Å². The number of rotatable bonds is 3. The first-order valence-electron chi connectivity index (χ1n) is 4.85. The molecule has 0 radical (unpaired) electrons. The fourth-order valence-electron chi connectivity index (χ4n) is 1.15. The third-order valence-electron chi connectivity index (χ3n) is 1.90. The van der Waals surface area contributed by atoms with Gasteiger partial charge >= 0.3 is 12.2 Å². The molecule has 19 heavy (non-hydrogen) atoms. The number of aryl methyl sites for hydroxylation is 1. The molecule has 0 aliphatic heterocycles. The van der Waals surface area contributed by atoms with Gasteiger partial charge in [-0.05, 0) is 0 Å². The van der Waals surface area contributed by atoms with Crippen molar-refractivity contribution in [2.75, 3.05) is 5.43 Å². The maximum absolute atomic E-state index is 12.6. The lowest BCUT2D eigenvalue weighted by molar-refractivity contribution is -0.141. The molecule has 2 aromatic heterocycles. The molecule has 3 N–H and O–H groups in total.